The number of fused-ring (bicyclic) bond motifs is 1. The van der Waals surface area contributed by atoms with Crippen LogP contribution in [-0.4, -0.2) is 28.7 Å². The Labute approximate surface area is 154 Å². The van der Waals surface area contributed by atoms with E-state index in [0.29, 0.717) is 25.0 Å². The summed E-state index contributed by atoms with van der Waals surface area (Å²) in [5, 5.41) is 0. The van der Waals surface area contributed by atoms with E-state index in [4.69, 9.17) is 4.74 Å². The number of esters is 1. The Hall–Kier alpha value is -2.43. The van der Waals surface area contributed by atoms with E-state index in [1.807, 2.05) is 45.1 Å². The molecule has 1 aromatic rings. The van der Waals surface area contributed by atoms with Crippen molar-refractivity contribution in [2.24, 2.45) is 17.8 Å². The Morgan fingerprint density at radius 2 is 1.62 bits per heavy atom. The molecule has 0 N–H and O–H groups in total. The topological polar surface area (TPSA) is 63.7 Å². The number of carbonyl (C=O) groups is 3. The summed E-state index contributed by atoms with van der Waals surface area (Å²) in [7, 11) is 0. The number of aryl methyl sites for hydroxylation is 1. The van der Waals surface area contributed by atoms with Crippen molar-refractivity contribution in [3.63, 3.8) is 0 Å². The monoisotopic (exact) mass is 355 g/mol. The van der Waals surface area contributed by atoms with Crippen molar-refractivity contribution in [2.75, 3.05) is 0 Å². The van der Waals surface area contributed by atoms with E-state index in [0.717, 1.165) is 5.56 Å². The van der Waals surface area contributed by atoms with E-state index in [2.05, 4.69) is 0 Å². The maximum atomic E-state index is 12.8. The average molecular weight is 355 g/mol. The highest BCUT2D eigenvalue weighted by Gasteiger charge is 2.51. The van der Waals surface area contributed by atoms with Gasteiger partial charge in [-0.2, -0.15) is 0 Å². The van der Waals surface area contributed by atoms with Gasteiger partial charge in [-0.1, -0.05) is 43.7 Å². The molecule has 0 aromatic heterocycles. The number of amides is 2. The highest BCUT2D eigenvalue weighted by molar-refractivity contribution is 6.08. The lowest BCUT2D eigenvalue weighted by atomic mass is 9.85. The van der Waals surface area contributed by atoms with Gasteiger partial charge in [-0.15, -0.1) is 0 Å². The van der Waals surface area contributed by atoms with Crippen molar-refractivity contribution in [1.29, 1.82) is 0 Å². The van der Waals surface area contributed by atoms with Gasteiger partial charge in [0.05, 0.1) is 11.8 Å². The third-order valence-electron chi connectivity index (χ3n) is 5.06. The number of benzene rings is 1. The van der Waals surface area contributed by atoms with Gasteiger partial charge in [0.15, 0.2) is 0 Å². The highest BCUT2D eigenvalue weighted by atomic mass is 16.5. The summed E-state index contributed by atoms with van der Waals surface area (Å²) in [5.74, 6) is -1.13. The van der Waals surface area contributed by atoms with E-state index >= 15 is 0 Å². The molecule has 0 spiro atoms. The van der Waals surface area contributed by atoms with E-state index < -0.39 is 12.0 Å². The molecule has 0 bridgehead atoms. The first kappa shape index (κ1) is 18.4. The first-order valence-corrected chi connectivity index (χ1v) is 9.18. The van der Waals surface area contributed by atoms with Crippen molar-refractivity contribution in [3.8, 4) is 5.75 Å². The van der Waals surface area contributed by atoms with Gasteiger partial charge in [0.2, 0.25) is 11.8 Å². The lowest BCUT2D eigenvalue weighted by Crippen LogP contribution is -2.48. The molecule has 5 heteroatoms. The Balaban J connectivity index is 1.83. The zero-order chi connectivity index (χ0) is 18.8. The zero-order valence-electron chi connectivity index (χ0n) is 15.5. The Morgan fingerprint density at radius 3 is 2.12 bits per heavy atom. The molecule has 3 atom stereocenters. The summed E-state index contributed by atoms with van der Waals surface area (Å²) in [5.41, 5.74) is 1.06. The van der Waals surface area contributed by atoms with E-state index in [1.54, 1.807) is 12.1 Å². The number of imide groups is 1. The van der Waals surface area contributed by atoms with Crippen LogP contribution in [0.15, 0.2) is 36.4 Å². The molecule has 2 amide bonds. The van der Waals surface area contributed by atoms with Crippen LogP contribution < -0.4 is 4.74 Å². The molecule has 3 rings (SSSR count). The van der Waals surface area contributed by atoms with Crippen molar-refractivity contribution in [1.82, 2.24) is 4.90 Å². The van der Waals surface area contributed by atoms with Crippen LogP contribution in [0.3, 0.4) is 0 Å². The van der Waals surface area contributed by atoms with Crippen LogP contribution in [0.2, 0.25) is 0 Å². The van der Waals surface area contributed by atoms with Gasteiger partial charge >= 0.3 is 5.97 Å². The number of hydrogen-bond donors (Lipinski definition) is 0. The predicted molar refractivity (Wildman–Crippen MR) is 97.3 cm³/mol. The quantitative estimate of drug-likeness (QED) is 0.352. The first-order valence-electron chi connectivity index (χ1n) is 9.18. The largest absolute Gasteiger partial charge is 0.425 e. The molecule has 3 unspecified atom stereocenters. The molecule has 1 aromatic carbocycles. The second kappa shape index (κ2) is 7.44. The molecule has 1 saturated heterocycles. The van der Waals surface area contributed by atoms with Gasteiger partial charge in [0.1, 0.15) is 11.8 Å². The minimum atomic E-state index is -0.873. The molecule has 2 aliphatic rings. The molecule has 5 nitrogen and oxygen atoms in total. The van der Waals surface area contributed by atoms with Crippen LogP contribution in [0.5, 0.6) is 5.75 Å². The number of nitrogens with zero attached hydrogens (tertiary/aromatic N) is 1. The molecule has 1 heterocycles. The molecule has 1 aliphatic heterocycles. The van der Waals surface area contributed by atoms with Crippen molar-refractivity contribution >= 4 is 17.8 Å². The third kappa shape index (κ3) is 3.57. The molecule has 26 heavy (non-hydrogen) atoms. The molecular formula is C21H25NO4. The summed E-state index contributed by atoms with van der Waals surface area (Å²) in [6, 6.07) is 6.27. The van der Waals surface area contributed by atoms with Crippen LogP contribution in [0.25, 0.3) is 0 Å². The number of likely N-dealkylation sites (tertiary alicyclic amines) is 1. The number of ether oxygens (including phenoxy) is 1. The molecule has 1 fully saturated rings. The summed E-state index contributed by atoms with van der Waals surface area (Å²) >= 11 is 0. The van der Waals surface area contributed by atoms with Gasteiger partial charge < -0.3 is 4.74 Å². The molecule has 0 radical (unpaired) electrons. The van der Waals surface area contributed by atoms with Crippen molar-refractivity contribution in [2.45, 2.75) is 46.1 Å². The maximum absolute atomic E-state index is 12.8. The Morgan fingerprint density at radius 1 is 1.08 bits per heavy atom. The second-order valence-corrected chi connectivity index (χ2v) is 7.58. The van der Waals surface area contributed by atoms with E-state index in [-0.39, 0.29) is 29.6 Å². The SMILES string of the molecule is Cc1ccc(OC(=O)C(CC(C)C)N2C(=O)C3CC=CCC3C2=O)cc1. The zero-order valence-corrected chi connectivity index (χ0v) is 15.5. The van der Waals surface area contributed by atoms with Crippen LogP contribution in [0, 0.1) is 24.7 Å². The minimum absolute atomic E-state index is 0.145. The number of hydrogen-bond acceptors (Lipinski definition) is 4. The molecule has 138 valence electrons. The average Bonchev–Trinajstić information content (AvgIpc) is 2.86. The standard InChI is InChI=1S/C21H25NO4/c1-13(2)12-18(21(25)26-15-10-8-14(3)9-11-15)22-19(23)16-6-4-5-7-17(16)20(22)24/h4-5,8-11,13,16-18H,6-7,12H2,1-3H3. The second-order valence-electron chi connectivity index (χ2n) is 7.58. The van der Waals surface area contributed by atoms with Gasteiger partial charge in [0.25, 0.3) is 0 Å². The van der Waals surface area contributed by atoms with Gasteiger partial charge in [-0.3, -0.25) is 14.5 Å². The van der Waals surface area contributed by atoms with Crippen LogP contribution in [-0.2, 0) is 14.4 Å². The fourth-order valence-corrected chi connectivity index (χ4v) is 3.68. The molecular weight excluding hydrogens is 330 g/mol. The molecule has 0 saturated carbocycles. The van der Waals surface area contributed by atoms with Crippen molar-refractivity contribution in [3.05, 3.63) is 42.0 Å². The fraction of sp³-hybridized carbons (Fsp3) is 0.476. The highest BCUT2D eigenvalue weighted by Crippen LogP contribution is 2.37. The maximum Gasteiger partial charge on any atom is 0.334 e. The van der Waals surface area contributed by atoms with Crippen LogP contribution in [0.1, 0.15) is 38.7 Å². The first-order chi connectivity index (χ1) is 12.4. The smallest absolute Gasteiger partial charge is 0.334 e. The van der Waals surface area contributed by atoms with E-state index in [1.165, 1.54) is 4.90 Å². The van der Waals surface area contributed by atoms with Crippen LogP contribution >= 0.6 is 0 Å². The lowest BCUT2D eigenvalue weighted by molar-refractivity contribution is -0.154. The number of rotatable bonds is 5. The number of carbonyl (C=O) groups excluding carboxylic acids is 3. The third-order valence-corrected chi connectivity index (χ3v) is 5.06. The number of allylic oxidation sites excluding steroid dienone is 2. The summed E-state index contributed by atoms with van der Waals surface area (Å²) in [4.78, 5) is 39.7. The fourth-order valence-electron chi connectivity index (χ4n) is 3.68. The van der Waals surface area contributed by atoms with E-state index in [9.17, 15) is 14.4 Å². The van der Waals surface area contributed by atoms with Gasteiger partial charge in [-0.05, 0) is 44.2 Å². The predicted octanol–water partition coefficient (Wildman–Crippen LogP) is 3.27. The van der Waals surface area contributed by atoms with Gasteiger partial charge in [0, 0.05) is 0 Å². The Kier molecular flexibility index (Phi) is 5.25. The normalized spacial score (nSPS) is 23.3. The Bertz CT molecular complexity index is 709. The van der Waals surface area contributed by atoms with Gasteiger partial charge in [-0.25, -0.2) is 4.79 Å². The summed E-state index contributed by atoms with van der Waals surface area (Å²) in [6.45, 7) is 5.88. The van der Waals surface area contributed by atoms with Crippen LogP contribution in [0.4, 0.5) is 0 Å². The molecule has 1 aliphatic carbocycles. The summed E-state index contributed by atoms with van der Waals surface area (Å²) < 4.78 is 5.49. The lowest BCUT2D eigenvalue weighted by Gasteiger charge is -2.26. The summed E-state index contributed by atoms with van der Waals surface area (Å²) in [6.07, 6.45) is 5.41. The van der Waals surface area contributed by atoms with Crippen molar-refractivity contribution < 1.29 is 19.1 Å². The minimum Gasteiger partial charge on any atom is -0.425 e.